The van der Waals surface area contributed by atoms with Crippen molar-refractivity contribution in [2.45, 2.75) is 12.5 Å². The maximum atomic E-state index is 12.3. The third kappa shape index (κ3) is 3.92. The molecule has 2 fully saturated rings. The fraction of sp³-hybridized carbons (Fsp3) is 0.450. The number of hydrogen-bond acceptors (Lipinski definition) is 5. The molecule has 2 aliphatic heterocycles. The van der Waals surface area contributed by atoms with Crippen molar-refractivity contribution < 1.29 is 9.47 Å². The zero-order valence-corrected chi connectivity index (χ0v) is 14.9. The number of nitrogens with one attached hydrogen (secondary N) is 1. The zero-order chi connectivity index (χ0) is 17.8. The number of H-pyrrole nitrogens is 1. The van der Waals surface area contributed by atoms with E-state index in [-0.39, 0.29) is 11.6 Å². The summed E-state index contributed by atoms with van der Waals surface area (Å²) in [6.07, 6.45) is 0.894. The summed E-state index contributed by atoms with van der Waals surface area (Å²) in [4.78, 5) is 19.8. The standard InChI is InChI=1S/C20H25N3O3/c24-20-14-17(22-6-9-25-10-7-22)13-19(21-20)23-8-11-26-15-18(23)12-16-4-2-1-3-5-16/h1-5,13-14,18H,6-12,15H2,(H,21,24)/t18-/m0/s1. The molecule has 1 N–H and O–H groups in total. The second-order valence-corrected chi connectivity index (χ2v) is 6.80. The molecule has 2 saturated heterocycles. The third-order valence-electron chi connectivity index (χ3n) is 5.04. The van der Waals surface area contributed by atoms with Gasteiger partial charge in [-0.1, -0.05) is 30.3 Å². The van der Waals surface area contributed by atoms with Crippen LogP contribution in [-0.4, -0.2) is 57.1 Å². The number of pyridine rings is 1. The van der Waals surface area contributed by atoms with Crippen LogP contribution in [0.4, 0.5) is 11.5 Å². The minimum Gasteiger partial charge on any atom is -0.378 e. The lowest BCUT2D eigenvalue weighted by Gasteiger charge is -2.38. The van der Waals surface area contributed by atoms with Crippen LogP contribution >= 0.6 is 0 Å². The first-order valence-electron chi connectivity index (χ1n) is 9.25. The number of rotatable bonds is 4. The van der Waals surface area contributed by atoms with Crippen LogP contribution in [-0.2, 0) is 15.9 Å². The van der Waals surface area contributed by atoms with Gasteiger partial charge in [-0.3, -0.25) is 4.79 Å². The Morgan fingerprint density at radius 1 is 1.00 bits per heavy atom. The Balaban J connectivity index is 1.59. The van der Waals surface area contributed by atoms with E-state index in [4.69, 9.17) is 9.47 Å². The van der Waals surface area contributed by atoms with Gasteiger partial charge in [-0.2, -0.15) is 0 Å². The van der Waals surface area contributed by atoms with Crippen molar-refractivity contribution in [2.75, 3.05) is 55.9 Å². The molecule has 0 bridgehead atoms. The Morgan fingerprint density at radius 2 is 1.77 bits per heavy atom. The van der Waals surface area contributed by atoms with Crippen LogP contribution < -0.4 is 15.4 Å². The summed E-state index contributed by atoms with van der Waals surface area (Å²) < 4.78 is 11.1. The molecule has 0 aliphatic carbocycles. The summed E-state index contributed by atoms with van der Waals surface area (Å²) in [5, 5.41) is 0. The van der Waals surface area contributed by atoms with Gasteiger partial charge in [-0.25, -0.2) is 0 Å². The largest absolute Gasteiger partial charge is 0.378 e. The lowest BCUT2D eigenvalue weighted by molar-refractivity contribution is 0.0936. The van der Waals surface area contributed by atoms with E-state index in [2.05, 4.69) is 45.1 Å². The Morgan fingerprint density at radius 3 is 2.58 bits per heavy atom. The van der Waals surface area contributed by atoms with Crippen molar-refractivity contribution in [3.8, 4) is 0 Å². The van der Waals surface area contributed by atoms with E-state index in [1.54, 1.807) is 6.07 Å². The van der Waals surface area contributed by atoms with Crippen molar-refractivity contribution in [1.29, 1.82) is 0 Å². The van der Waals surface area contributed by atoms with Crippen LogP contribution in [0.5, 0.6) is 0 Å². The lowest BCUT2D eigenvalue weighted by Crippen LogP contribution is -2.47. The third-order valence-corrected chi connectivity index (χ3v) is 5.04. The fourth-order valence-corrected chi connectivity index (χ4v) is 3.70. The van der Waals surface area contributed by atoms with E-state index < -0.39 is 0 Å². The average Bonchev–Trinajstić information content (AvgIpc) is 2.69. The van der Waals surface area contributed by atoms with Crippen LogP contribution in [0.3, 0.4) is 0 Å². The Kier molecular flexibility index (Phi) is 5.22. The van der Waals surface area contributed by atoms with Crippen LogP contribution in [0.15, 0.2) is 47.3 Å². The summed E-state index contributed by atoms with van der Waals surface area (Å²) in [6, 6.07) is 14.4. The number of ether oxygens (including phenoxy) is 2. The van der Waals surface area contributed by atoms with Crippen molar-refractivity contribution >= 4 is 11.5 Å². The molecule has 1 aromatic heterocycles. The van der Waals surface area contributed by atoms with Gasteiger partial charge in [0.2, 0.25) is 0 Å². The quantitative estimate of drug-likeness (QED) is 0.904. The summed E-state index contributed by atoms with van der Waals surface area (Å²) in [5.41, 5.74) is 2.19. The van der Waals surface area contributed by atoms with Gasteiger partial charge < -0.3 is 24.3 Å². The summed E-state index contributed by atoms with van der Waals surface area (Å²) in [7, 11) is 0. The van der Waals surface area contributed by atoms with E-state index in [0.717, 1.165) is 37.6 Å². The fourth-order valence-electron chi connectivity index (χ4n) is 3.70. The van der Waals surface area contributed by atoms with Gasteiger partial charge in [0.15, 0.2) is 0 Å². The van der Waals surface area contributed by atoms with Gasteiger partial charge in [0.1, 0.15) is 5.82 Å². The molecule has 3 heterocycles. The molecule has 0 saturated carbocycles. The van der Waals surface area contributed by atoms with Crippen LogP contribution in [0.1, 0.15) is 5.56 Å². The molecule has 6 nitrogen and oxygen atoms in total. The molecule has 0 amide bonds. The van der Waals surface area contributed by atoms with Gasteiger partial charge in [0.25, 0.3) is 5.56 Å². The van der Waals surface area contributed by atoms with Gasteiger partial charge >= 0.3 is 0 Å². The number of nitrogens with zero attached hydrogens (tertiary/aromatic N) is 2. The van der Waals surface area contributed by atoms with Gasteiger partial charge in [0.05, 0.1) is 32.5 Å². The molecule has 0 radical (unpaired) electrons. The molecule has 26 heavy (non-hydrogen) atoms. The smallest absolute Gasteiger partial charge is 0.251 e. The number of morpholine rings is 2. The molecule has 0 unspecified atom stereocenters. The van der Waals surface area contributed by atoms with Crippen molar-refractivity contribution in [1.82, 2.24) is 4.98 Å². The summed E-state index contributed by atoms with van der Waals surface area (Å²) in [5.74, 6) is 0.878. The molecular formula is C20H25N3O3. The summed E-state index contributed by atoms with van der Waals surface area (Å²) >= 11 is 0. The topological polar surface area (TPSA) is 57.8 Å². The van der Waals surface area contributed by atoms with Crippen LogP contribution in [0.2, 0.25) is 0 Å². The Bertz CT molecular complexity index is 771. The van der Waals surface area contributed by atoms with E-state index in [0.29, 0.717) is 26.4 Å². The molecule has 6 heteroatoms. The molecule has 2 aliphatic rings. The highest BCUT2D eigenvalue weighted by Crippen LogP contribution is 2.24. The van der Waals surface area contributed by atoms with E-state index >= 15 is 0 Å². The molecule has 4 rings (SSSR count). The number of aromatic nitrogens is 1. The first kappa shape index (κ1) is 17.1. The zero-order valence-electron chi connectivity index (χ0n) is 14.9. The monoisotopic (exact) mass is 355 g/mol. The van der Waals surface area contributed by atoms with Crippen LogP contribution in [0.25, 0.3) is 0 Å². The molecule has 1 atom stereocenters. The maximum Gasteiger partial charge on any atom is 0.251 e. The average molecular weight is 355 g/mol. The minimum absolute atomic E-state index is 0.0612. The number of anilines is 2. The molecule has 1 aromatic carbocycles. The SMILES string of the molecule is O=c1cc(N2CCOCC2)cc(N2CCOC[C@@H]2Cc2ccccc2)[nH]1. The Labute approximate surface area is 153 Å². The predicted molar refractivity (Wildman–Crippen MR) is 102 cm³/mol. The van der Waals surface area contributed by atoms with Gasteiger partial charge in [-0.05, 0) is 12.0 Å². The van der Waals surface area contributed by atoms with E-state index in [1.165, 1.54) is 5.56 Å². The van der Waals surface area contributed by atoms with Crippen molar-refractivity contribution in [3.05, 3.63) is 58.4 Å². The number of aromatic amines is 1. The molecular weight excluding hydrogens is 330 g/mol. The number of benzene rings is 1. The van der Waals surface area contributed by atoms with Gasteiger partial charge in [0, 0.05) is 37.5 Å². The molecule has 2 aromatic rings. The molecule has 0 spiro atoms. The van der Waals surface area contributed by atoms with E-state index in [1.807, 2.05) is 6.07 Å². The second-order valence-electron chi connectivity index (χ2n) is 6.80. The summed E-state index contributed by atoms with van der Waals surface area (Å²) in [6.45, 7) is 5.17. The van der Waals surface area contributed by atoms with Crippen molar-refractivity contribution in [2.24, 2.45) is 0 Å². The van der Waals surface area contributed by atoms with Crippen molar-refractivity contribution in [3.63, 3.8) is 0 Å². The number of hydrogen-bond donors (Lipinski definition) is 1. The highest BCUT2D eigenvalue weighted by atomic mass is 16.5. The molecule has 138 valence electrons. The minimum atomic E-state index is -0.0612. The Hall–Kier alpha value is -2.31. The predicted octanol–water partition coefficient (Wildman–Crippen LogP) is 1.66. The lowest BCUT2D eigenvalue weighted by atomic mass is 10.0. The first-order chi connectivity index (χ1) is 12.8. The first-order valence-corrected chi connectivity index (χ1v) is 9.25. The van der Waals surface area contributed by atoms with E-state index in [9.17, 15) is 4.79 Å². The van der Waals surface area contributed by atoms with Gasteiger partial charge in [-0.15, -0.1) is 0 Å². The normalized spacial score (nSPS) is 21.0. The van der Waals surface area contributed by atoms with Crippen LogP contribution in [0, 0.1) is 0 Å². The highest BCUT2D eigenvalue weighted by Gasteiger charge is 2.25. The second kappa shape index (κ2) is 7.93. The highest BCUT2D eigenvalue weighted by molar-refractivity contribution is 5.56. The maximum absolute atomic E-state index is 12.3.